The van der Waals surface area contributed by atoms with Gasteiger partial charge in [-0.2, -0.15) is 0 Å². The number of carbonyl (C=O) groups is 2. The number of amides is 2. The monoisotopic (exact) mass is 319 g/mol. The van der Waals surface area contributed by atoms with Crippen molar-refractivity contribution in [1.82, 2.24) is 10.0 Å². The van der Waals surface area contributed by atoms with Crippen LogP contribution < -0.4 is 15.4 Å². The van der Waals surface area contributed by atoms with Crippen LogP contribution in [0.15, 0.2) is 18.2 Å². The van der Waals surface area contributed by atoms with E-state index in [-0.39, 0.29) is 18.0 Å². The van der Waals surface area contributed by atoms with E-state index in [4.69, 9.17) is 5.11 Å². The van der Waals surface area contributed by atoms with Crippen LogP contribution in [-0.2, 0) is 10.0 Å². The normalized spacial score (nSPS) is 11.0. The third-order valence-corrected chi connectivity index (χ3v) is 3.79. The molecule has 0 aromatic heterocycles. The Labute approximate surface area is 120 Å². The van der Waals surface area contributed by atoms with E-state index >= 15 is 0 Å². The average molecular weight is 319 g/mol. The summed E-state index contributed by atoms with van der Waals surface area (Å²) in [4.78, 5) is 22.4. The second-order valence-corrected chi connectivity index (χ2v) is 5.94. The van der Waals surface area contributed by atoms with Crippen LogP contribution in [-0.4, -0.2) is 44.9 Å². The van der Waals surface area contributed by atoms with Crippen molar-refractivity contribution in [3.05, 3.63) is 29.6 Å². The minimum absolute atomic E-state index is 0.0992. The molecule has 0 radical (unpaired) electrons. The van der Waals surface area contributed by atoms with Gasteiger partial charge in [0.1, 0.15) is 5.82 Å². The maximum absolute atomic E-state index is 13.0. The predicted molar refractivity (Wildman–Crippen MR) is 73.2 cm³/mol. The van der Waals surface area contributed by atoms with Crippen molar-refractivity contribution >= 4 is 27.7 Å². The smallest absolute Gasteiger partial charge is 0.337 e. The summed E-state index contributed by atoms with van der Waals surface area (Å²) in [7, 11) is -2.21. The molecule has 0 saturated heterocycles. The molecular formula is C11H14FN3O5S. The first-order valence-electron chi connectivity index (χ1n) is 5.74. The first-order valence-corrected chi connectivity index (χ1v) is 7.39. The van der Waals surface area contributed by atoms with Gasteiger partial charge < -0.3 is 15.7 Å². The second kappa shape index (κ2) is 6.99. The van der Waals surface area contributed by atoms with Gasteiger partial charge in [0.15, 0.2) is 0 Å². The lowest BCUT2D eigenvalue weighted by Gasteiger charge is -2.10. The number of sulfonamides is 1. The lowest BCUT2D eigenvalue weighted by Crippen LogP contribution is -2.35. The van der Waals surface area contributed by atoms with Gasteiger partial charge in [0.25, 0.3) is 0 Å². The molecule has 0 aliphatic carbocycles. The summed E-state index contributed by atoms with van der Waals surface area (Å²) in [5.74, 6) is -2.48. The zero-order valence-corrected chi connectivity index (χ0v) is 11.8. The van der Waals surface area contributed by atoms with Gasteiger partial charge in [-0.3, -0.25) is 0 Å². The Kier molecular flexibility index (Phi) is 5.61. The number of urea groups is 1. The third-order valence-electron chi connectivity index (χ3n) is 2.43. The molecule has 0 unspecified atom stereocenters. The van der Waals surface area contributed by atoms with Crippen molar-refractivity contribution in [2.45, 2.75) is 0 Å². The van der Waals surface area contributed by atoms with Crippen molar-refractivity contribution in [2.24, 2.45) is 0 Å². The van der Waals surface area contributed by atoms with Crippen LogP contribution in [0, 0.1) is 5.82 Å². The van der Waals surface area contributed by atoms with E-state index in [9.17, 15) is 22.4 Å². The van der Waals surface area contributed by atoms with Crippen LogP contribution in [0.3, 0.4) is 0 Å². The number of anilines is 1. The molecule has 0 aliphatic heterocycles. The molecule has 0 saturated carbocycles. The second-order valence-electron chi connectivity index (χ2n) is 3.90. The third kappa shape index (κ3) is 5.36. The van der Waals surface area contributed by atoms with Crippen molar-refractivity contribution in [2.75, 3.05) is 24.7 Å². The Morgan fingerprint density at radius 2 is 2.00 bits per heavy atom. The topological polar surface area (TPSA) is 125 Å². The van der Waals surface area contributed by atoms with Crippen LogP contribution in [0.5, 0.6) is 0 Å². The molecule has 0 atom stereocenters. The molecule has 0 bridgehead atoms. The number of hydrogen-bond donors (Lipinski definition) is 4. The largest absolute Gasteiger partial charge is 0.478 e. The van der Waals surface area contributed by atoms with Gasteiger partial charge >= 0.3 is 12.0 Å². The molecule has 116 valence electrons. The van der Waals surface area contributed by atoms with E-state index in [2.05, 4.69) is 15.4 Å². The van der Waals surface area contributed by atoms with Gasteiger partial charge in [0.05, 0.1) is 17.0 Å². The Morgan fingerprint density at radius 1 is 1.33 bits per heavy atom. The van der Waals surface area contributed by atoms with E-state index < -0.39 is 33.4 Å². The number of aromatic carboxylic acids is 1. The summed E-state index contributed by atoms with van der Waals surface area (Å²) in [5.41, 5.74) is -0.508. The van der Waals surface area contributed by atoms with E-state index in [1.165, 1.54) is 7.05 Å². The highest BCUT2D eigenvalue weighted by atomic mass is 32.2. The van der Waals surface area contributed by atoms with Crippen LogP contribution in [0.4, 0.5) is 14.9 Å². The number of carboxylic acids is 1. The highest BCUT2D eigenvalue weighted by molar-refractivity contribution is 7.89. The van der Waals surface area contributed by atoms with Crippen LogP contribution in [0.1, 0.15) is 10.4 Å². The van der Waals surface area contributed by atoms with E-state index in [1.807, 2.05) is 0 Å². The molecule has 0 spiro atoms. The minimum Gasteiger partial charge on any atom is -0.478 e. The molecule has 8 nitrogen and oxygen atoms in total. The van der Waals surface area contributed by atoms with Crippen molar-refractivity contribution in [3.63, 3.8) is 0 Å². The van der Waals surface area contributed by atoms with Crippen LogP contribution in [0.2, 0.25) is 0 Å². The summed E-state index contributed by atoms with van der Waals surface area (Å²) in [6, 6.07) is 2.06. The van der Waals surface area contributed by atoms with Crippen molar-refractivity contribution in [1.29, 1.82) is 0 Å². The molecular weight excluding hydrogens is 305 g/mol. The van der Waals surface area contributed by atoms with Crippen LogP contribution in [0.25, 0.3) is 0 Å². The number of nitrogens with one attached hydrogen (secondary N) is 3. The summed E-state index contributed by atoms with van der Waals surface area (Å²) in [5, 5.41) is 13.3. The summed E-state index contributed by atoms with van der Waals surface area (Å²) >= 11 is 0. The SMILES string of the molecule is CNS(=O)(=O)CCNC(=O)Nc1ccc(F)cc1C(=O)O. The average Bonchev–Trinajstić information content (AvgIpc) is 2.40. The Bertz CT molecular complexity index is 647. The van der Waals surface area contributed by atoms with E-state index in [1.54, 1.807) is 0 Å². The van der Waals surface area contributed by atoms with Gasteiger partial charge in [0.2, 0.25) is 10.0 Å². The summed E-state index contributed by atoms with van der Waals surface area (Å²) < 4.78 is 37.3. The fraction of sp³-hybridized carbons (Fsp3) is 0.273. The fourth-order valence-electron chi connectivity index (χ4n) is 1.37. The number of benzene rings is 1. The lowest BCUT2D eigenvalue weighted by molar-refractivity contribution is 0.0697. The molecule has 0 aliphatic rings. The van der Waals surface area contributed by atoms with E-state index in [0.717, 1.165) is 18.2 Å². The fourth-order valence-corrected chi connectivity index (χ4v) is 1.94. The molecule has 4 N–H and O–H groups in total. The molecule has 1 aromatic carbocycles. The summed E-state index contributed by atoms with van der Waals surface area (Å²) in [6.07, 6.45) is 0. The maximum Gasteiger partial charge on any atom is 0.337 e. The Hall–Kier alpha value is -2.20. The number of hydrogen-bond acceptors (Lipinski definition) is 4. The van der Waals surface area contributed by atoms with Gasteiger partial charge in [-0.1, -0.05) is 0 Å². The van der Waals surface area contributed by atoms with Gasteiger partial charge in [0, 0.05) is 6.54 Å². The summed E-state index contributed by atoms with van der Waals surface area (Å²) in [6.45, 7) is -0.168. The molecule has 0 heterocycles. The van der Waals surface area contributed by atoms with Gasteiger partial charge in [-0.25, -0.2) is 27.1 Å². The van der Waals surface area contributed by atoms with Crippen molar-refractivity contribution < 1.29 is 27.5 Å². The number of carboxylic acid groups (broad SMARTS) is 1. The zero-order chi connectivity index (χ0) is 16.0. The number of rotatable bonds is 6. The van der Waals surface area contributed by atoms with Crippen LogP contribution >= 0.6 is 0 Å². The molecule has 1 rings (SSSR count). The molecule has 21 heavy (non-hydrogen) atoms. The molecule has 10 heteroatoms. The van der Waals surface area contributed by atoms with Gasteiger partial charge in [-0.15, -0.1) is 0 Å². The van der Waals surface area contributed by atoms with Gasteiger partial charge in [-0.05, 0) is 25.2 Å². The minimum atomic E-state index is -3.45. The standard InChI is InChI=1S/C11H14FN3O5S/c1-13-21(19,20)5-4-14-11(18)15-9-3-2-7(12)6-8(9)10(16)17/h2-3,6,13H,4-5H2,1H3,(H,16,17)(H2,14,15,18). The highest BCUT2D eigenvalue weighted by Gasteiger charge is 2.14. The molecule has 2 amide bonds. The zero-order valence-electron chi connectivity index (χ0n) is 11.0. The maximum atomic E-state index is 13.0. The number of carbonyl (C=O) groups excluding carboxylic acids is 1. The first kappa shape index (κ1) is 16.9. The Balaban J connectivity index is 2.66. The van der Waals surface area contributed by atoms with Crippen molar-refractivity contribution in [3.8, 4) is 0 Å². The molecule has 0 fully saturated rings. The lowest BCUT2D eigenvalue weighted by atomic mass is 10.2. The van der Waals surface area contributed by atoms with E-state index in [0.29, 0.717) is 0 Å². The Morgan fingerprint density at radius 3 is 2.57 bits per heavy atom. The predicted octanol–water partition coefficient (Wildman–Crippen LogP) is 0.195. The molecule has 1 aromatic rings. The quantitative estimate of drug-likeness (QED) is 0.596. The first-order chi connectivity index (χ1) is 9.75. The highest BCUT2D eigenvalue weighted by Crippen LogP contribution is 2.16. The number of halogens is 1.